The van der Waals surface area contributed by atoms with E-state index in [1.165, 1.54) is 42.2 Å². The van der Waals surface area contributed by atoms with Crippen LogP contribution in [0.4, 0.5) is 46.5 Å². The average molecular weight is 685 g/mol. The molecule has 0 fully saturated rings. The quantitative estimate of drug-likeness (QED) is 0.202. The van der Waals surface area contributed by atoms with Gasteiger partial charge in [0.2, 0.25) is 5.96 Å². The molecule has 4 aromatic rings. The minimum atomic E-state index is -6.27. The summed E-state index contributed by atoms with van der Waals surface area (Å²) in [5.74, 6) is -2.27. The van der Waals surface area contributed by atoms with Gasteiger partial charge in [0, 0.05) is 42.6 Å². The number of carbonyl (C=O) groups is 1. The second kappa shape index (κ2) is 11.3. The SMILES string of the molecule is CCC(=O)CC1c2cccc(F)c2N=C(N2CCn3c(cc4c(F)cccc43)C2)N1c1cc(C(F)(F)F)ccc1S(=O)(=O)C(F)(F)F. The second-order valence-corrected chi connectivity index (χ2v) is 13.0. The molecule has 0 N–H and O–H groups in total. The van der Waals surface area contributed by atoms with Crippen LogP contribution in [0.1, 0.15) is 42.6 Å². The van der Waals surface area contributed by atoms with E-state index in [1.807, 2.05) is 0 Å². The number of benzene rings is 3. The fourth-order valence-electron chi connectivity index (χ4n) is 6.01. The first-order valence-electron chi connectivity index (χ1n) is 14.2. The number of rotatable bonds is 5. The van der Waals surface area contributed by atoms with Gasteiger partial charge in [0.15, 0.2) is 0 Å². The van der Waals surface area contributed by atoms with Gasteiger partial charge in [-0.2, -0.15) is 26.3 Å². The summed E-state index contributed by atoms with van der Waals surface area (Å²) >= 11 is 0. The van der Waals surface area contributed by atoms with Crippen molar-refractivity contribution < 1.29 is 48.3 Å². The number of guanidine groups is 1. The molecule has 1 unspecified atom stereocenters. The van der Waals surface area contributed by atoms with Crippen molar-refractivity contribution in [3.8, 4) is 0 Å². The van der Waals surface area contributed by atoms with Crippen molar-refractivity contribution >= 4 is 43.9 Å². The van der Waals surface area contributed by atoms with Gasteiger partial charge in [0.1, 0.15) is 23.1 Å². The maximum Gasteiger partial charge on any atom is 0.501 e. The van der Waals surface area contributed by atoms with E-state index >= 15 is 4.39 Å². The lowest BCUT2D eigenvalue weighted by molar-refractivity contribution is -0.137. The predicted molar refractivity (Wildman–Crippen MR) is 156 cm³/mol. The number of hydrogen-bond donors (Lipinski definition) is 0. The number of anilines is 1. The van der Waals surface area contributed by atoms with Crippen LogP contribution in [0.2, 0.25) is 0 Å². The Labute approximate surface area is 262 Å². The van der Waals surface area contributed by atoms with Gasteiger partial charge in [-0.05, 0) is 42.5 Å². The zero-order chi connectivity index (χ0) is 34.1. The van der Waals surface area contributed by atoms with Gasteiger partial charge in [0.05, 0.1) is 34.2 Å². The molecular weight excluding hydrogens is 660 g/mol. The lowest BCUT2D eigenvalue weighted by Crippen LogP contribution is -2.51. The van der Waals surface area contributed by atoms with Gasteiger partial charge < -0.3 is 14.4 Å². The molecule has 1 aromatic heterocycles. The first kappa shape index (κ1) is 32.5. The van der Waals surface area contributed by atoms with E-state index in [0.29, 0.717) is 11.2 Å². The zero-order valence-electron chi connectivity index (χ0n) is 24.3. The molecule has 0 spiro atoms. The Bertz CT molecular complexity index is 2050. The number of para-hydroxylation sites is 1. The van der Waals surface area contributed by atoms with Crippen molar-refractivity contribution in [2.24, 2.45) is 4.99 Å². The number of fused-ring (bicyclic) bond motifs is 4. The van der Waals surface area contributed by atoms with E-state index in [4.69, 9.17) is 0 Å². The molecule has 2 aliphatic rings. The molecule has 1 atom stereocenters. The summed E-state index contributed by atoms with van der Waals surface area (Å²) in [6.07, 6.45) is -5.74. The zero-order valence-corrected chi connectivity index (χ0v) is 25.1. The smallest absolute Gasteiger partial charge is 0.341 e. The largest absolute Gasteiger partial charge is 0.501 e. The van der Waals surface area contributed by atoms with Gasteiger partial charge in [-0.15, -0.1) is 0 Å². The third-order valence-corrected chi connectivity index (χ3v) is 9.81. The lowest BCUT2D eigenvalue weighted by Gasteiger charge is -2.44. The predicted octanol–water partition coefficient (Wildman–Crippen LogP) is 7.67. The highest BCUT2D eigenvalue weighted by Crippen LogP contribution is 2.47. The number of hydrogen-bond acceptors (Lipinski definition) is 6. The summed E-state index contributed by atoms with van der Waals surface area (Å²) < 4.78 is 142. The summed E-state index contributed by atoms with van der Waals surface area (Å²) in [7, 11) is -6.27. The highest BCUT2D eigenvalue weighted by Gasteiger charge is 2.50. The minimum Gasteiger partial charge on any atom is -0.341 e. The summed E-state index contributed by atoms with van der Waals surface area (Å²) in [6, 6.07) is 8.82. The maximum atomic E-state index is 15.3. The second-order valence-electron chi connectivity index (χ2n) is 11.1. The van der Waals surface area contributed by atoms with E-state index in [2.05, 4.69) is 4.99 Å². The van der Waals surface area contributed by atoms with Crippen molar-refractivity contribution in [2.75, 3.05) is 11.4 Å². The Morgan fingerprint density at radius 2 is 1.64 bits per heavy atom. The molecule has 248 valence electrons. The number of halogens is 8. The number of ketones is 1. The van der Waals surface area contributed by atoms with E-state index in [1.54, 1.807) is 10.6 Å². The average Bonchev–Trinajstić information content (AvgIpc) is 3.39. The Morgan fingerprint density at radius 1 is 0.936 bits per heavy atom. The van der Waals surface area contributed by atoms with Gasteiger partial charge >= 0.3 is 11.7 Å². The molecule has 0 saturated heterocycles. The highest BCUT2D eigenvalue weighted by molar-refractivity contribution is 7.92. The van der Waals surface area contributed by atoms with E-state index in [9.17, 15) is 43.9 Å². The third-order valence-electron chi connectivity index (χ3n) is 8.28. The number of aromatic nitrogens is 1. The van der Waals surface area contributed by atoms with Crippen molar-refractivity contribution in [2.45, 2.75) is 55.5 Å². The van der Waals surface area contributed by atoms with Crippen LogP contribution in [0.15, 0.2) is 70.6 Å². The fraction of sp³-hybridized carbons (Fsp3) is 0.290. The summed E-state index contributed by atoms with van der Waals surface area (Å²) in [4.78, 5) is 18.0. The van der Waals surface area contributed by atoms with Gasteiger partial charge in [0.25, 0.3) is 9.84 Å². The van der Waals surface area contributed by atoms with Crippen LogP contribution in [0.3, 0.4) is 0 Å². The molecule has 6 rings (SSSR count). The van der Waals surface area contributed by atoms with Crippen LogP contribution in [0.25, 0.3) is 10.9 Å². The van der Waals surface area contributed by atoms with Gasteiger partial charge in [-0.1, -0.05) is 25.1 Å². The van der Waals surface area contributed by atoms with Crippen LogP contribution < -0.4 is 4.90 Å². The molecule has 0 aliphatic carbocycles. The normalized spacial score (nSPS) is 17.0. The molecule has 3 heterocycles. The molecule has 0 amide bonds. The molecule has 7 nitrogen and oxygen atoms in total. The topological polar surface area (TPSA) is 75.0 Å². The Hall–Kier alpha value is -4.47. The Kier molecular flexibility index (Phi) is 7.84. The molecule has 0 bridgehead atoms. The molecule has 3 aromatic carbocycles. The van der Waals surface area contributed by atoms with E-state index in [-0.39, 0.29) is 66.9 Å². The Balaban J connectivity index is 1.63. The van der Waals surface area contributed by atoms with Crippen molar-refractivity contribution in [1.29, 1.82) is 0 Å². The molecule has 0 saturated carbocycles. The van der Waals surface area contributed by atoms with Gasteiger partial charge in [-0.3, -0.25) is 4.79 Å². The van der Waals surface area contributed by atoms with Crippen LogP contribution >= 0.6 is 0 Å². The number of sulfone groups is 1. The number of aliphatic imine (C=N–C) groups is 1. The van der Waals surface area contributed by atoms with Crippen LogP contribution in [-0.4, -0.2) is 41.7 Å². The lowest BCUT2D eigenvalue weighted by atomic mass is 9.94. The summed E-state index contributed by atoms with van der Waals surface area (Å²) in [6.45, 7) is 1.51. The van der Waals surface area contributed by atoms with Crippen LogP contribution in [-0.2, 0) is 33.9 Å². The van der Waals surface area contributed by atoms with Crippen molar-refractivity contribution in [3.63, 3.8) is 0 Å². The van der Waals surface area contributed by atoms with E-state index in [0.717, 1.165) is 11.0 Å². The molecule has 47 heavy (non-hydrogen) atoms. The number of nitrogens with zero attached hydrogens (tertiary/aromatic N) is 4. The molecule has 16 heteroatoms. The fourth-order valence-corrected chi connectivity index (χ4v) is 6.94. The van der Waals surface area contributed by atoms with Crippen molar-refractivity contribution in [3.05, 3.63) is 89.1 Å². The first-order chi connectivity index (χ1) is 22.0. The van der Waals surface area contributed by atoms with Crippen LogP contribution in [0, 0.1) is 11.6 Å². The molecule has 2 aliphatic heterocycles. The summed E-state index contributed by atoms with van der Waals surface area (Å²) in [5, 5.41) is 0.269. The maximum absolute atomic E-state index is 15.3. The summed E-state index contributed by atoms with van der Waals surface area (Å²) in [5.41, 5.74) is -7.74. The van der Waals surface area contributed by atoms with Crippen molar-refractivity contribution in [1.82, 2.24) is 9.47 Å². The third kappa shape index (κ3) is 5.51. The molecular formula is C31H24F8N4O3S. The first-order valence-corrected chi connectivity index (χ1v) is 15.7. The number of carbonyl (C=O) groups excluding carboxylic acids is 1. The highest BCUT2D eigenvalue weighted by atomic mass is 32.2. The molecule has 0 radical (unpaired) electrons. The standard InChI is InChI=1S/C31H24F8N4O3S/c1-2-19(44)15-25-20-5-3-7-23(33)28(20)40-29(41-11-12-42-18(16-41)14-21-22(32)6-4-8-24(21)42)43(25)26-13-17(30(34,35)36)9-10-27(26)47(45,46)31(37,38)39/h3-10,13-14,25H,2,11-12,15-16H2,1H3. The van der Waals surface area contributed by atoms with Gasteiger partial charge in [-0.25, -0.2) is 22.2 Å². The Morgan fingerprint density at radius 3 is 2.32 bits per heavy atom. The number of alkyl halides is 6. The monoisotopic (exact) mass is 684 g/mol. The van der Waals surface area contributed by atoms with E-state index < -0.39 is 67.5 Å². The van der Waals surface area contributed by atoms with Crippen LogP contribution in [0.5, 0.6) is 0 Å². The number of Topliss-reactive ketones (excluding diaryl/α,β-unsaturated/α-hetero) is 1. The minimum absolute atomic E-state index is 0.00116.